The van der Waals surface area contributed by atoms with Gasteiger partial charge in [0.05, 0.1) is 17.9 Å². The molecule has 0 bridgehead atoms. The number of hydrogen-bond donors (Lipinski definition) is 0. The molecule has 0 aliphatic heterocycles. The normalized spacial score (nSPS) is 11.4. The van der Waals surface area contributed by atoms with Crippen LogP contribution < -0.4 is 0 Å². The van der Waals surface area contributed by atoms with E-state index in [0.29, 0.717) is 6.54 Å². The fourth-order valence-corrected chi connectivity index (χ4v) is 3.11. The molecule has 7 nitrogen and oxygen atoms in total. The van der Waals surface area contributed by atoms with Crippen molar-refractivity contribution < 1.29 is 0 Å². The topological polar surface area (TPSA) is 64.7 Å². The van der Waals surface area contributed by atoms with Gasteiger partial charge in [-0.05, 0) is 49.9 Å². The lowest BCUT2D eigenvalue weighted by Gasteiger charge is -2.16. The molecular formula is C19H27N7. The minimum absolute atomic E-state index is 0.714. The van der Waals surface area contributed by atoms with Gasteiger partial charge in [-0.15, -0.1) is 5.10 Å². The van der Waals surface area contributed by atoms with Gasteiger partial charge in [0.1, 0.15) is 0 Å². The number of hydrogen-bond acceptors (Lipinski definition) is 5. The van der Waals surface area contributed by atoms with Gasteiger partial charge in [-0.2, -0.15) is 5.10 Å². The molecule has 0 spiro atoms. The van der Waals surface area contributed by atoms with Crippen molar-refractivity contribution in [2.75, 3.05) is 7.05 Å². The predicted molar refractivity (Wildman–Crippen MR) is 101 cm³/mol. The Morgan fingerprint density at radius 1 is 1.08 bits per heavy atom. The Kier molecular flexibility index (Phi) is 5.78. The summed E-state index contributed by atoms with van der Waals surface area (Å²) in [7, 11) is 2.09. The van der Waals surface area contributed by atoms with Gasteiger partial charge in [0.2, 0.25) is 0 Å². The van der Waals surface area contributed by atoms with Gasteiger partial charge in [0, 0.05) is 24.3 Å². The fourth-order valence-electron chi connectivity index (χ4n) is 3.11. The van der Waals surface area contributed by atoms with Gasteiger partial charge in [0.25, 0.3) is 0 Å². The second-order valence-corrected chi connectivity index (χ2v) is 6.74. The molecule has 0 atom stereocenters. The molecular weight excluding hydrogens is 326 g/mol. The number of para-hydroxylation sites is 1. The third-order valence-corrected chi connectivity index (χ3v) is 4.61. The molecule has 138 valence electrons. The van der Waals surface area contributed by atoms with Crippen molar-refractivity contribution in [3.8, 4) is 5.69 Å². The predicted octanol–water partition coefficient (Wildman–Crippen LogP) is 2.91. The lowest BCUT2D eigenvalue weighted by molar-refractivity contribution is 0.300. The van der Waals surface area contributed by atoms with Crippen LogP contribution in [0.25, 0.3) is 5.69 Å². The molecule has 7 heteroatoms. The van der Waals surface area contributed by atoms with Crippen LogP contribution in [0.1, 0.15) is 42.5 Å². The van der Waals surface area contributed by atoms with E-state index in [-0.39, 0.29) is 0 Å². The van der Waals surface area contributed by atoms with Crippen LogP contribution in [0.5, 0.6) is 0 Å². The van der Waals surface area contributed by atoms with Crippen LogP contribution in [0.15, 0.2) is 30.3 Å². The van der Waals surface area contributed by atoms with Gasteiger partial charge in [-0.25, -0.2) is 9.36 Å². The van der Waals surface area contributed by atoms with E-state index >= 15 is 0 Å². The van der Waals surface area contributed by atoms with Gasteiger partial charge < -0.3 is 0 Å². The highest BCUT2D eigenvalue weighted by Crippen LogP contribution is 2.19. The number of unbranched alkanes of at least 4 members (excludes halogenated alkanes) is 1. The Morgan fingerprint density at radius 3 is 2.58 bits per heavy atom. The summed E-state index contributed by atoms with van der Waals surface area (Å²) in [4.78, 5) is 2.24. The molecule has 0 N–H and O–H groups in total. The molecule has 0 aliphatic carbocycles. The minimum atomic E-state index is 0.714. The summed E-state index contributed by atoms with van der Waals surface area (Å²) in [6.07, 6.45) is 2.22. The zero-order chi connectivity index (χ0) is 18.5. The molecule has 0 saturated heterocycles. The number of tetrazole rings is 1. The molecule has 0 amide bonds. The van der Waals surface area contributed by atoms with Crippen molar-refractivity contribution in [3.05, 3.63) is 53.1 Å². The zero-order valence-electron chi connectivity index (χ0n) is 16.1. The smallest absolute Gasteiger partial charge is 0.165 e. The van der Waals surface area contributed by atoms with Crippen LogP contribution in [0.2, 0.25) is 0 Å². The maximum Gasteiger partial charge on any atom is 0.165 e. The van der Waals surface area contributed by atoms with Crippen LogP contribution in [0.4, 0.5) is 0 Å². The first-order chi connectivity index (χ1) is 12.6. The van der Waals surface area contributed by atoms with E-state index in [1.165, 1.54) is 11.3 Å². The summed E-state index contributed by atoms with van der Waals surface area (Å²) in [6, 6.07) is 10.2. The minimum Gasteiger partial charge on any atom is -0.295 e. The number of nitrogens with zero attached hydrogens (tertiary/aromatic N) is 7. The highest BCUT2D eigenvalue weighted by Gasteiger charge is 2.16. The molecule has 0 radical (unpaired) electrons. The Hall–Kier alpha value is -2.54. The Labute approximate surface area is 154 Å². The molecule has 0 saturated carbocycles. The van der Waals surface area contributed by atoms with Crippen molar-refractivity contribution in [1.29, 1.82) is 0 Å². The van der Waals surface area contributed by atoms with Crippen LogP contribution in [0, 0.1) is 13.8 Å². The van der Waals surface area contributed by atoms with E-state index in [4.69, 9.17) is 5.10 Å². The van der Waals surface area contributed by atoms with E-state index in [9.17, 15) is 0 Å². The Morgan fingerprint density at radius 2 is 1.85 bits per heavy atom. The average molecular weight is 353 g/mol. The molecule has 0 aliphatic rings. The van der Waals surface area contributed by atoms with Gasteiger partial charge in [0.15, 0.2) is 5.82 Å². The monoisotopic (exact) mass is 353 g/mol. The summed E-state index contributed by atoms with van der Waals surface area (Å²) >= 11 is 0. The van der Waals surface area contributed by atoms with Crippen molar-refractivity contribution >= 4 is 0 Å². The SMILES string of the molecule is CCCCn1nnnc1CN(C)Cc1c(C)nn(-c2ccccc2)c1C. The van der Waals surface area contributed by atoms with Crippen LogP contribution in [0.3, 0.4) is 0 Å². The second-order valence-electron chi connectivity index (χ2n) is 6.74. The van der Waals surface area contributed by atoms with Gasteiger partial charge >= 0.3 is 0 Å². The molecule has 1 aromatic carbocycles. The number of aryl methyl sites for hydroxylation is 2. The highest BCUT2D eigenvalue weighted by molar-refractivity contribution is 5.36. The molecule has 0 unspecified atom stereocenters. The van der Waals surface area contributed by atoms with Crippen molar-refractivity contribution in [3.63, 3.8) is 0 Å². The van der Waals surface area contributed by atoms with Crippen LogP contribution in [-0.2, 0) is 19.6 Å². The molecule has 2 heterocycles. The number of benzene rings is 1. The van der Waals surface area contributed by atoms with E-state index in [1.807, 2.05) is 27.6 Å². The highest BCUT2D eigenvalue weighted by atomic mass is 15.5. The standard InChI is InChI=1S/C19H27N7/c1-5-6-12-25-19(20-22-23-25)14-24(4)13-18-15(2)21-26(16(18)3)17-10-8-7-9-11-17/h7-11H,5-6,12-14H2,1-4H3. The zero-order valence-corrected chi connectivity index (χ0v) is 16.1. The summed E-state index contributed by atoms with van der Waals surface area (Å²) in [5.74, 6) is 0.909. The third kappa shape index (κ3) is 3.99. The van der Waals surface area contributed by atoms with Gasteiger partial charge in [-0.1, -0.05) is 31.5 Å². The first-order valence-corrected chi connectivity index (χ1v) is 9.14. The first kappa shape index (κ1) is 18.3. The molecule has 3 rings (SSSR count). The van der Waals surface area contributed by atoms with Crippen molar-refractivity contribution in [2.24, 2.45) is 0 Å². The Bertz CT molecular complexity index is 835. The van der Waals surface area contributed by atoms with Crippen LogP contribution >= 0.6 is 0 Å². The quantitative estimate of drug-likeness (QED) is 0.623. The van der Waals surface area contributed by atoms with E-state index < -0.39 is 0 Å². The average Bonchev–Trinajstić information content (AvgIpc) is 3.19. The van der Waals surface area contributed by atoms with Crippen molar-refractivity contribution in [1.82, 2.24) is 34.9 Å². The van der Waals surface area contributed by atoms with E-state index in [2.05, 4.69) is 60.4 Å². The first-order valence-electron chi connectivity index (χ1n) is 9.14. The summed E-state index contributed by atoms with van der Waals surface area (Å²) < 4.78 is 3.93. The second kappa shape index (κ2) is 8.23. The molecule has 3 aromatic rings. The molecule has 0 fully saturated rings. The maximum absolute atomic E-state index is 4.73. The third-order valence-electron chi connectivity index (χ3n) is 4.61. The number of aromatic nitrogens is 6. The summed E-state index contributed by atoms with van der Waals surface area (Å²) in [5.41, 5.74) is 4.57. The summed E-state index contributed by atoms with van der Waals surface area (Å²) in [5, 5.41) is 16.9. The van der Waals surface area contributed by atoms with Crippen molar-refractivity contribution in [2.45, 2.75) is 53.2 Å². The summed E-state index contributed by atoms with van der Waals surface area (Å²) in [6.45, 7) is 8.77. The lowest BCUT2D eigenvalue weighted by Crippen LogP contribution is -2.21. The molecule has 2 aromatic heterocycles. The van der Waals surface area contributed by atoms with E-state index in [0.717, 1.165) is 43.1 Å². The lowest BCUT2D eigenvalue weighted by atomic mass is 10.2. The van der Waals surface area contributed by atoms with E-state index in [1.54, 1.807) is 0 Å². The number of rotatable bonds is 8. The van der Waals surface area contributed by atoms with Crippen LogP contribution in [-0.4, -0.2) is 41.9 Å². The molecule has 26 heavy (non-hydrogen) atoms. The fraction of sp³-hybridized carbons (Fsp3) is 0.474. The Balaban J connectivity index is 1.73. The van der Waals surface area contributed by atoms with Gasteiger partial charge in [-0.3, -0.25) is 4.90 Å². The largest absolute Gasteiger partial charge is 0.295 e. The maximum atomic E-state index is 4.73.